The van der Waals surface area contributed by atoms with Gasteiger partial charge in [0, 0.05) is 10.0 Å². The first-order valence-electron chi connectivity index (χ1n) is 5.84. The lowest BCUT2D eigenvalue weighted by atomic mass is 9.95. The van der Waals surface area contributed by atoms with Crippen molar-refractivity contribution < 1.29 is 10.2 Å². The standard InChI is InChI=1S/C13H20BrNO2.ClH/c1-8(2)3-6-11(16)13(15)10-5-4-9(14)7-12(10)17;/h4-5,7-8,11,13,16-17H,3,6,15H2,1-2H3;1H/t11-,13+;/m1./s1. The third kappa shape index (κ3) is 5.14. The van der Waals surface area contributed by atoms with Crippen molar-refractivity contribution in [2.75, 3.05) is 0 Å². The van der Waals surface area contributed by atoms with Crippen molar-refractivity contribution in [2.45, 2.75) is 38.8 Å². The number of phenols is 1. The highest BCUT2D eigenvalue weighted by molar-refractivity contribution is 9.10. The normalized spacial score (nSPS) is 14.1. The van der Waals surface area contributed by atoms with Gasteiger partial charge >= 0.3 is 0 Å². The van der Waals surface area contributed by atoms with Gasteiger partial charge in [-0.05, 0) is 30.9 Å². The molecule has 0 amide bonds. The Morgan fingerprint density at radius 1 is 1.28 bits per heavy atom. The highest BCUT2D eigenvalue weighted by atomic mass is 79.9. The van der Waals surface area contributed by atoms with Crippen LogP contribution in [0.2, 0.25) is 0 Å². The summed E-state index contributed by atoms with van der Waals surface area (Å²) < 4.78 is 0.794. The minimum atomic E-state index is -0.621. The molecule has 0 aromatic heterocycles. The van der Waals surface area contributed by atoms with Crippen molar-refractivity contribution in [3.8, 4) is 5.75 Å². The molecule has 0 radical (unpaired) electrons. The second kappa shape index (κ2) is 8.00. The van der Waals surface area contributed by atoms with Crippen LogP contribution in [0.5, 0.6) is 5.75 Å². The first-order valence-corrected chi connectivity index (χ1v) is 6.63. The van der Waals surface area contributed by atoms with Crippen molar-refractivity contribution in [3.63, 3.8) is 0 Å². The Balaban J connectivity index is 0.00000289. The summed E-state index contributed by atoms with van der Waals surface area (Å²) in [6.45, 7) is 4.21. The van der Waals surface area contributed by atoms with Crippen molar-refractivity contribution in [2.24, 2.45) is 11.7 Å². The average molecular weight is 339 g/mol. The van der Waals surface area contributed by atoms with Gasteiger partial charge in [0.1, 0.15) is 5.75 Å². The third-order valence-electron chi connectivity index (χ3n) is 2.81. The highest BCUT2D eigenvalue weighted by Gasteiger charge is 2.19. The second-order valence-corrected chi connectivity index (χ2v) is 5.68. The Labute approximate surface area is 123 Å². The summed E-state index contributed by atoms with van der Waals surface area (Å²) in [7, 11) is 0. The van der Waals surface area contributed by atoms with Crippen LogP contribution in [0.3, 0.4) is 0 Å². The minimum Gasteiger partial charge on any atom is -0.508 e. The molecule has 1 aromatic carbocycles. The minimum absolute atomic E-state index is 0. The molecule has 0 bridgehead atoms. The first kappa shape index (κ1) is 17.7. The molecule has 1 aromatic rings. The van der Waals surface area contributed by atoms with E-state index in [0.717, 1.165) is 10.9 Å². The SMILES string of the molecule is CC(C)CC[C@@H](O)[C@@H](N)c1ccc(Br)cc1O.Cl. The molecule has 0 saturated carbocycles. The van der Waals surface area contributed by atoms with Crippen LogP contribution in [-0.2, 0) is 0 Å². The van der Waals surface area contributed by atoms with E-state index in [0.29, 0.717) is 17.9 Å². The lowest BCUT2D eigenvalue weighted by Gasteiger charge is -2.21. The van der Waals surface area contributed by atoms with E-state index in [-0.39, 0.29) is 18.2 Å². The van der Waals surface area contributed by atoms with Crippen LogP contribution in [0.15, 0.2) is 22.7 Å². The van der Waals surface area contributed by atoms with Gasteiger partial charge in [0.25, 0.3) is 0 Å². The Morgan fingerprint density at radius 3 is 2.39 bits per heavy atom. The maximum absolute atomic E-state index is 9.97. The summed E-state index contributed by atoms with van der Waals surface area (Å²) >= 11 is 3.27. The maximum atomic E-state index is 9.97. The molecular weight excluding hydrogens is 318 g/mol. The number of rotatable bonds is 5. The number of benzene rings is 1. The Hall–Kier alpha value is -0.290. The van der Waals surface area contributed by atoms with E-state index in [1.54, 1.807) is 12.1 Å². The number of aliphatic hydroxyl groups excluding tert-OH is 1. The number of phenolic OH excluding ortho intramolecular Hbond substituents is 1. The number of aliphatic hydroxyl groups is 1. The Morgan fingerprint density at radius 2 is 1.89 bits per heavy atom. The highest BCUT2D eigenvalue weighted by Crippen LogP contribution is 2.29. The summed E-state index contributed by atoms with van der Waals surface area (Å²) in [6.07, 6.45) is 0.949. The van der Waals surface area contributed by atoms with E-state index in [2.05, 4.69) is 29.8 Å². The molecular formula is C13H21BrClNO2. The fourth-order valence-electron chi connectivity index (χ4n) is 1.69. The van der Waals surface area contributed by atoms with Crippen LogP contribution in [0, 0.1) is 5.92 Å². The summed E-state index contributed by atoms with van der Waals surface area (Å²) in [4.78, 5) is 0. The molecule has 0 aliphatic carbocycles. The summed E-state index contributed by atoms with van der Waals surface area (Å²) in [5.74, 6) is 0.658. The number of hydrogen-bond acceptors (Lipinski definition) is 3. The van der Waals surface area contributed by atoms with Gasteiger partial charge in [0.05, 0.1) is 12.1 Å². The molecule has 104 valence electrons. The first-order chi connectivity index (χ1) is 7.91. The van der Waals surface area contributed by atoms with Crippen LogP contribution in [0.1, 0.15) is 38.3 Å². The van der Waals surface area contributed by atoms with Gasteiger partial charge in [-0.1, -0.05) is 35.8 Å². The molecule has 0 spiro atoms. The zero-order valence-electron chi connectivity index (χ0n) is 10.6. The molecule has 0 saturated heterocycles. The molecule has 3 nitrogen and oxygen atoms in total. The second-order valence-electron chi connectivity index (χ2n) is 4.77. The van der Waals surface area contributed by atoms with Crippen LogP contribution in [0.4, 0.5) is 0 Å². The van der Waals surface area contributed by atoms with Gasteiger partial charge in [-0.2, -0.15) is 0 Å². The van der Waals surface area contributed by atoms with Crippen molar-refractivity contribution in [3.05, 3.63) is 28.2 Å². The molecule has 18 heavy (non-hydrogen) atoms. The predicted molar refractivity (Wildman–Crippen MR) is 80.1 cm³/mol. The third-order valence-corrected chi connectivity index (χ3v) is 3.30. The summed E-state index contributed by atoms with van der Waals surface area (Å²) in [6, 6.07) is 4.60. The number of nitrogens with two attached hydrogens (primary N) is 1. The molecule has 0 aliphatic heterocycles. The van der Waals surface area contributed by atoms with Gasteiger partial charge in [-0.3, -0.25) is 0 Å². The zero-order valence-corrected chi connectivity index (χ0v) is 13.0. The van der Waals surface area contributed by atoms with Gasteiger partial charge in [-0.15, -0.1) is 12.4 Å². The van der Waals surface area contributed by atoms with E-state index in [1.807, 2.05) is 6.07 Å². The van der Waals surface area contributed by atoms with Crippen molar-refractivity contribution >= 4 is 28.3 Å². The lowest BCUT2D eigenvalue weighted by Crippen LogP contribution is -2.26. The number of aromatic hydroxyl groups is 1. The molecule has 0 unspecified atom stereocenters. The lowest BCUT2D eigenvalue weighted by molar-refractivity contribution is 0.127. The smallest absolute Gasteiger partial charge is 0.121 e. The van der Waals surface area contributed by atoms with Gasteiger partial charge in [-0.25, -0.2) is 0 Å². The van der Waals surface area contributed by atoms with Gasteiger partial charge < -0.3 is 15.9 Å². The summed E-state index contributed by atoms with van der Waals surface area (Å²) in [5.41, 5.74) is 6.54. The predicted octanol–water partition coefficient (Wildman–Crippen LogP) is 3.37. The average Bonchev–Trinajstić information content (AvgIpc) is 2.25. The molecule has 1 rings (SSSR count). The Kier molecular flexibility index (Phi) is 7.87. The Bertz CT molecular complexity index is 374. The van der Waals surface area contributed by atoms with E-state index >= 15 is 0 Å². The molecule has 0 fully saturated rings. The fourth-order valence-corrected chi connectivity index (χ4v) is 2.04. The van der Waals surface area contributed by atoms with Gasteiger partial charge in [0.2, 0.25) is 0 Å². The van der Waals surface area contributed by atoms with Crippen LogP contribution < -0.4 is 5.73 Å². The van der Waals surface area contributed by atoms with E-state index in [9.17, 15) is 10.2 Å². The molecule has 5 heteroatoms. The molecule has 4 N–H and O–H groups in total. The molecule has 0 aliphatic rings. The van der Waals surface area contributed by atoms with Crippen molar-refractivity contribution in [1.29, 1.82) is 0 Å². The van der Waals surface area contributed by atoms with E-state index in [1.165, 1.54) is 0 Å². The van der Waals surface area contributed by atoms with E-state index in [4.69, 9.17) is 5.73 Å². The van der Waals surface area contributed by atoms with Gasteiger partial charge in [0.15, 0.2) is 0 Å². The largest absolute Gasteiger partial charge is 0.508 e. The summed E-state index contributed by atoms with van der Waals surface area (Å²) in [5, 5.41) is 19.7. The molecule has 0 heterocycles. The fraction of sp³-hybridized carbons (Fsp3) is 0.538. The number of hydrogen-bond donors (Lipinski definition) is 3. The molecule has 2 atom stereocenters. The topological polar surface area (TPSA) is 66.5 Å². The quantitative estimate of drug-likeness (QED) is 0.771. The number of halogens is 2. The van der Waals surface area contributed by atoms with E-state index < -0.39 is 12.1 Å². The zero-order chi connectivity index (χ0) is 13.0. The monoisotopic (exact) mass is 337 g/mol. The van der Waals surface area contributed by atoms with Crippen LogP contribution in [-0.4, -0.2) is 16.3 Å². The maximum Gasteiger partial charge on any atom is 0.121 e. The van der Waals surface area contributed by atoms with Crippen molar-refractivity contribution in [1.82, 2.24) is 0 Å². The van der Waals surface area contributed by atoms with Crippen LogP contribution in [0.25, 0.3) is 0 Å². The van der Waals surface area contributed by atoms with Crippen LogP contribution >= 0.6 is 28.3 Å².